The van der Waals surface area contributed by atoms with Crippen LogP contribution in [0.15, 0.2) is 97.2 Å². The van der Waals surface area contributed by atoms with Crippen molar-refractivity contribution in [2.75, 3.05) is 13.2 Å². The van der Waals surface area contributed by atoms with Gasteiger partial charge in [-0.05, 0) is 122 Å². The van der Waals surface area contributed by atoms with E-state index >= 15 is 0 Å². The van der Waals surface area contributed by atoms with E-state index in [1.54, 1.807) is 0 Å². The van der Waals surface area contributed by atoms with Crippen LogP contribution in [0.5, 0.6) is 0 Å². The van der Waals surface area contributed by atoms with Gasteiger partial charge in [0.15, 0.2) is 6.10 Å². The summed E-state index contributed by atoms with van der Waals surface area (Å²) in [4.78, 5) is 38.3. The van der Waals surface area contributed by atoms with Gasteiger partial charge in [-0.1, -0.05) is 279 Å². The molecule has 0 heterocycles. The van der Waals surface area contributed by atoms with Gasteiger partial charge in [-0.2, -0.15) is 0 Å². The molecule has 0 bridgehead atoms. The van der Waals surface area contributed by atoms with Crippen molar-refractivity contribution in [1.82, 2.24) is 0 Å². The maximum absolute atomic E-state index is 12.9. The molecule has 0 radical (unpaired) electrons. The van der Waals surface area contributed by atoms with Crippen molar-refractivity contribution in [3.05, 3.63) is 97.2 Å². The van der Waals surface area contributed by atoms with Gasteiger partial charge in [-0.3, -0.25) is 14.4 Å². The molecule has 0 aliphatic carbocycles. The predicted molar refractivity (Wildman–Crippen MR) is 339 cm³/mol. The molecule has 0 spiro atoms. The monoisotopic (exact) mass is 1080 g/mol. The molecule has 0 aromatic heterocycles. The minimum atomic E-state index is -0.786. The highest BCUT2D eigenvalue weighted by Gasteiger charge is 2.19. The molecule has 78 heavy (non-hydrogen) atoms. The molecule has 0 aliphatic rings. The first kappa shape index (κ1) is 74.3. The molecule has 0 amide bonds. The van der Waals surface area contributed by atoms with Gasteiger partial charge < -0.3 is 14.2 Å². The lowest BCUT2D eigenvalue weighted by Crippen LogP contribution is -2.30. The fourth-order valence-electron chi connectivity index (χ4n) is 9.32. The second-order valence-electron chi connectivity index (χ2n) is 22.0. The van der Waals surface area contributed by atoms with Gasteiger partial charge in [0.1, 0.15) is 13.2 Å². The minimum absolute atomic E-state index is 0.0822. The van der Waals surface area contributed by atoms with Crippen molar-refractivity contribution in [2.24, 2.45) is 0 Å². The summed E-state index contributed by atoms with van der Waals surface area (Å²) < 4.78 is 16.9. The molecule has 6 heteroatoms. The number of hydrogen-bond donors (Lipinski definition) is 0. The fourth-order valence-corrected chi connectivity index (χ4v) is 9.32. The van der Waals surface area contributed by atoms with Gasteiger partial charge in [0.25, 0.3) is 0 Å². The maximum atomic E-state index is 12.9. The summed E-state index contributed by atoms with van der Waals surface area (Å²) in [6.07, 6.45) is 88.5. The predicted octanol–water partition coefficient (Wildman–Crippen LogP) is 22.8. The molecule has 1 unspecified atom stereocenters. The van der Waals surface area contributed by atoms with Crippen molar-refractivity contribution in [3.63, 3.8) is 0 Å². The molecule has 448 valence electrons. The van der Waals surface area contributed by atoms with Gasteiger partial charge in [0.2, 0.25) is 0 Å². The summed E-state index contributed by atoms with van der Waals surface area (Å²) in [5.41, 5.74) is 0. The molecule has 0 rings (SSSR count). The van der Waals surface area contributed by atoms with E-state index < -0.39 is 6.10 Å². The normalized spacial score (nSPS) is 12.7. The average Bonchev–Trinajstić information content (AvgIpc) is 3.44. The lowest BCUT2D eigenvalue weighted by molar-refractivity contribution is -0.167. The Hall–Kier alpha value is -3.67. The van der Waals surface area contributed by atoms with E-state index in [-0.39, 0.29) is 31.1 Å². The van der Waals surface area contributed by atoms with Crippen LogP contribution in [0.25, 0.3) is 0 Å². The Morgan fingerprint density at radius 1 is 0.269 bits per heavy atom. The minimum Gasteiger partial charge on any atom is -0.462 e. The largest absolute Gasteiger partial charge is 0.462 e. The zero-order valence-electron chi connectivity index (χ0n) is 51.4. The van der Waals surface area contributed by atoms with Crippen molar-refractivity contribution < 1.29 is 28.6 Å². The topological polar surface area (TPSA) is 78.9 Å². The highest BCUT2D eigenvalue weighted by Crippen LogP contribution is 2.16. The SMILES string of the molecule is CC/C=C\C/C=C\C/C=C\C/C=C\C/C=C\CCCCCCCCCCCCCCCC(=O)OCC(COC(=O)CCCCCCC/C=C\CCCCCC)OC(=O)CCCCCCCCC/C=C\C/C=C\CCCCCC. The molecular weight excluding hydrogens is 961 g/mol. The molecule has 0 aromatic rings. The Labute approximate surface area is 483 Å². The first-order valence-corrected chi connectivity index (χ1v) is 33.2. The van der Waals surface area contributed by atoms with Crippen LogP contribution < -0.4 is 0 Å². The van der Waals surface area contributed by atoms with Crippen molar-refractivity contribution >= 4 is 17.9 Å². The maximum Gasteiger partial charge on any atom is 0.306 e. The summed E-state index contributed by atoms with van der Waals surface area (Å²) in [6, 6.07) is 0. The zero-order chi connectivity index (χ0) is 56.4. The summed E-state index contributed by atoms with van der Waals surface area (Å²) in [5.74, 6) is -0.888. The highest BCUT2D eigenvalue weighted by molar-refractivity contribution is 5.71. The number of unbranched alkanes of at least 4 members (excludes halogenated alkanes) is 33. The van der Waals surface area contributed by atoms with Crippen LogP contribution >= 0.6 is 0 Å². The number of esters is 3. The van der Waals surface area contributed by atoms with Crippen LogP contribution in [0, 0.1) is 0 Å². The van der Waals surface area contributed by atoms with E-state index in [0.29, 0.717) is 19.3 Å². The fraction of sp³-hybridized carbons (Fsp3) is 0.736. The lowest BCUT2D eigenvalue weighted by Gasteiger charge is -2.18. The van der Waals surface area contributed by atoms with Crippen LogP contribution in [0.1, 0.15) is 323 Å². The van der Waals surface area contributed by atoms with Crippen molar-refractivity contribution in [1.29, 1.82) is 0 Å². The van der Waals surface area contributed by atoms with Gasteiger partial charge in [-0.15, -0.1) is 0 Å². The zero-order valence-corrected chi connectivity index (χ0v) is 51.4. The molecular formula is C72H124O6. The smallest absolute Gasteiger partial charge is 0.306 e. The van der Waals surface area contributed by atoms with Crippen LogP contribution in [0.4, 0.5) is 0 Å². The van der Waals surface area contributed by atoms with Gasteiger partial charge >= 0.3 is 17.9 Å². The molecule has 0 fully saturated rings. The number of carbonyl (C=O) groups excluding carboxylic acids is 3. The average molecular weight is 1090 g/mol. The lowest BCUT2D eigenvalue weighted by atomic mass is 10.0. The number of hydrogen-bond acceptors (Lipinski definition) is 6. The molecule has 6 nitrogen and oxygen atoms in total. The summed E-state index contributed by atoms with van der Waals surface area (Å²) in [7, 11) is 0. The number of ether oxygens (including phenoxy) is 3. The van der Waals surface area contributed by atoms with Crippen molar-refractivity contribution in [3.8, 4) is 0 Å². The van der Waals surface area contributed by atoms with Crippen LogP contribution in [0.3, 0.4) is 0 Å². The summed E-state index contributed by atoms with van der Waals surface area (Å²) in [5, 5.41) is 0. The van der Waals surface area contributed by atoms with Gasteiger partial charge in [-0.25, -0.2) is 0 Å². The third-order valence-electron chi connectivity index (χ3n) is 14.3. The highest BCUT2D eigenvalue weighted by atomic mass is 16.6. The molecule has 0 N–H and O–H groups in total. The van der Waals surface area contributed by atoms with E-state index in [1.165, 1.54) is 173 Å². The Morgan fingerprint density at radius 2 is 0.500 bits per heavy atom. The first-order chi connectivity index (χ1) is 38.5. The van der Waals surface area contributed by atoms with Crippen molar-refractivity contribution in [2.45, 2.75) is 329 Å². The van der Waals surface area contributed by atoms with E-state index in [9.17, 15) is 14.4 Å². The molecule has 1 atom stereocenters. The third-order valence-corrected chi connectivity index (χ3v) is 14.3. The van der Waals surface area contributed by atoms with Crippen LogP contribution in [0.2, 0.25) is 0 Å². The molecule has 0 aliphatic heterocycles. The first-order valence-electron chi connectivity index (χ1n) is 33.2. The molecule has 0 aromatic carbocycles. The van der Waals surface area contributed by atoms with Gasteiger partial charge in [0, 0.05) is 19.3 Å². The third kappa shape index (κ3) is 63.2. The second-order valence-corrected chi connectivity index (χ2v) is 22.0. The molecule has 0 saturated carbocycles. The number of rotatable bonds is 60. The quantitative estimate of drug-likeness (QED) is 0.0261. The summed E-state index contributed by atoms with van der Waals surface area (Å²) in [6.45, 7) is 6.51. The van der Waals surface area contributed by atoms with Crippen LogP contribution in [-0.2, 0) is 28.6 Å². The Morgan fingerprint density at radius 3 is 0.795 bits per heavy atom. The summed E-state index contributed by atoms with van der Waals surface area (Å²) >= 11 is 0. The Balaban J connectivity index is 4.27. The van der Waals surface area contributed by atoms with Crippen LogP contribution in [-0.4, -0.2) is 37.2 Å². The number of allylic oxidation sites excluding steroid dienone is 16. The van der Waals surface area contributed by atoms with E-state index in [1.807, 2.05) is 0 Å². The van der Waals surface area contributed by atoms with E-state index in [0.717, 1.165) is 109 Å². The molecule has 0 saturated heterocycles. The second kappa shape index (κ2) is 65.8. The van der Waals surface area contributed by atoms with E-state index in [2.05, 4.69) is 118 Å². The number of carbonyl (C=O) groups is 3. The Bertz CT molecular complexity index is 1530. The van der Waals surface area contributed by atoms with E-state index in [4.69, 9.17) is 14.2 Å². The standard InChI is InChI=1S/C72H124O6/c1-4-7-10-13-16-19-22-25-27-29-31-32-33-34-35-36-37-38-39-40-41-43-44-47-50-53-56-59-62-65-71(74)77-68-69(67-76-70(73)64-61-58-55-52-49-46-24-21-18-15-12-9-6-3)78-72(75)66-63-60-57-54-51-48-45-42-30-28-26-23-20-17-14-11-8-5-2/h7,10,16,19-21,23-25,27-28,30-32,34-35,69H,4-6,8-9,11-15,17-18,22,26,29,33,36-68H2,1-3H3/b10-7-,19-16-,23-20-,24-21-,27-25-,30-28-,32-31-,35-34-. The van der Waals surface area contributed by atoms with Gasteiger partial charge in [0.05, 0.1) is 0 Å². The Kier molecular flexibility index (Phi) is 62.7.